The maximum Gasteiger partial charge on any atom is 0.319 e. The van der Waals surface area contributed by atoms with E-state index in [9.17, 15) is 8.78 Å². The molecule has 2 rings (SSSR count). The predicted octanol–water partition coefficient (Wildman–Crippen LogP) is 2.88. The lowest BCUT2D eigenvalue weighted by atomic mass is 10.1. The van der Waals surface area contributed by atoms with E-state index in [1.807, 2.05) is 31.2 Å². The number of alkyl halides is 2. The zero-order valence-electron chi connectivity index (χ0n) is 10.1. The molecule has 0 saturated heterocycles. The number of hydrogen-bond acceptors (Lipinski definition) is 2. The molecule has 0 bridgehead atoms. The Morgan fingerprint density at radius 2 is 2.06 bits per heavy atom. The highest BCUT2D eigenvalue weighted by molar-refractivity contribution is 5.25. The number of halogens is 2. The SMILES string of the molecule is Cc1ccccc1CNCc1nccn1C(F)F. The van der Waals surface area contributed by atoms with Crippen molar-refractivity contribution in [2.45, 2.75) is 26.6 Å². The van der Waals surface area contributed by atoms with Crippen LogP contribution in [0.5, 0.6) is 0 Å². The molecule has 0 aliphatic carbocycles. The van der Waals surface area contributed by atoms with Gasteiger partial charge in [-0.1, -0.05) is 24.3 Å². The van der Waals surface area contributed by atoms with Crippen LogP contribution in [0.2, 0.25) is 0 Å². The molecule has 0 radical (unpaired) electrons. The molecule has 2 aromatic rings. The van der Waals surface area contributed by atoms with Crippen LogP contribution in [0, 0.1) is 6.92 Å². The molecule has 3 nitrogen and oxygen atoms in total. The lowest BCUT2D eigenvalue weighted by Crippen LogP contribution is -2.17. The first-order valence-corrected chi connectivity index (χ1v) is 5.73. The van der Waals surface area contributed by atoms with E-state index in [2.05, 4.69) is 10.3 Å². The van der Waals surface area contributed by atoms with E-state index in [4.69, 9.17) is 0 Å². The van der Waals surface area contributed by atoms with Gasteiger partial charge in [0.2, 0.25) is 0 Å². The third kappa shape index (κ3) is 2.92. The zero-order valence-corrected chi connectivity index (χ0v) is 10.1. The van der Waals surface area contributed by atoms with Crippen LogP contribution in [-0.4, -0.2) is 9.55 Å². The molecule has 1 heterocycles. The van der Waals surface area contributed by atoms with E-state index in [0.717, 1.165) is 10.1 Å². The fourth-order valence-corrected chi connectivity index (χ4v) is 1.78. The summed E-state index contributed by atoms with van der Waals surface area (Å²) in [4.78, 5) is 3.91. The summed E-state index contributed by atoms with van der Waals surface area (Å²) in [5.74, 6) is 0.346. The fraction of sp³-hybridized carbons (Fsp3) is 0.308. The second-order valence-electron chi connectivity index (χ2n) is 4.06. The van der Waals surface area contributed by atoms with E-state index in [-0.39, 0.29) is 0 Å². The number of nitrogens with zero attached hydrogens (tertiary/aromatic N) is 2. The number of rotatable bonds is 5. The highest BCUT2D eigenvalue weighted by Crippen LogP contribution is 2.12. The summed E-state index contributed by atoms with van der Waals surface area (Å²) in [5, 5.41) is 3.12. The second kappa shape index (κ2) is 5.73. The summed E-state index contributed by atoms with van der Waals surface area (Å²) in [6.07, 6.45) is 2.67. The molecule has 0 aliphatic heterocycles. The summed E-state index contributed by atoms with van der Waals surface area (Å²) in [5.41, 5.74) is 2.34. The van der Waals surface area contributed by atoms with Gasteiger partial charge in [0.1, 0.15) is 5.82 Å². The van der Waals surface area contributed by atoms with Crippen LogP contribution in [0.1, 0.15) is 23.5 Å². The van der Waals surface area contributed by atoms with Gasteiger partial charge in [0.25, 0.3) is 0 Å². The number of benzene rings is 1. The Balaban J connectivity index is 1.93. The maximum absolute atomic E-state index is 12.6. The first-order valence-electron chi connectivity index (χ1n) is 5.73. The summed E-state index contributed by atoms with van der Waals surface area (Å²) in [6, 6.07) is 7.98. The molecule has 1 N–H and O–H groups in total. The summed E-state index contributed by atoms with van der Waals surface area (Å²) < 4.78 is 26.0. The smallest absolute Gasteiger partial charge is 0.306 e. The van der Waals surface area contributed by atoms with Gasteiger partial charge in [0.15, 0.2) is 0 Å². The van der Waals surface area contributed by atoms with Gasteiger partial charge in [-0.15, -0.1) is 0 Å². The Labute approximate surface area is 104 Å². The number of nitrogens with one attached hydrogen (secondary N) is 1. The molecular formula is C13H15F2N3. The van der Waals surface area contributed by atoms with E-state index in [0.29, 0.717) is 18.9 Å². The molecular weight excluding hydrogens is 236 g/mol. The largest absolute Gasteiger partial charge is 0.319 e. The molecule has 0 atom stereocenters. The summed E-state index contributed by atoms with van der Waals surface area (Å²) in [7, 11) is 0. The standard InChI is InChI=1S/C13H15F2N3/c1-10-4-2-3-5-11(10)8-16-9-12-17-6-7-18(12)13(14)15/h2-7,13,16H,8-9H2,1H3. The minimum absolute atomic E-state index is 0.325. The molecule has 0 saturated carbocycles. The normalized spacial score (nSPS) is 11.1. The first-order chi connectivity index (χ1) is 8.68. The van der Waals surface area contributed by atoms with Crippen molar-refractivity contribution in [3.63, 3.8) is 0 Å². The van der Waals surface area contributed by atoms with Gasteiger partial charge in [-0.05, 0) is 18.1 Å². The third-order valence-electron chi connectivity index (χ3n) is 2.82. The molecule has 0 aliphatic rings. The molecule has 0 unspecified atom stereocenters. The monoisotopic (exact) mass is 251 g/mol. The van der Waals surface area contributed by atoms with Crippen molar-refractivity contribution in [2.75, 3.05) is 0 Å². The van der Waals surface area contributed by atoms with Crippen molar-refractivity contribution in [3.05, 3.63) is 53.6 Å². The highest BCUT2D eigenvalue weighted by Gasteiger charge is 2.10. The van der Waals surface area contributed by atoms with Gasteiger partial charge < -0.3 is 5.32 Å². The van der Waals surface area contributed by atoms with Gasteiger partial charge in [-0.25, -0.2) is 4.98 Å². The molecule has 1 aromatic heterocycles. The van der Waals surface area contributed by atoms with Gasteiger partial charge in [-0.3, -0.25) is 4.57 Å². The lowest BCUT2D eigenvalue weighted by Gasteiger charge is -2.09. The predicted molar refractivity (Wildman–Crippen MR) is 65.2 cm³/mol. The quantitative estimate of drug-likeness (QED) is 0.885. The van der Waals surface area contributed by atoms with Crippen LogP contribution < -0.4 is 5.32 Å². The topological polar surface area (TPSA) is 29.9 Å². The van der Waals surface area contributed by atoms with Crippen LogP contribution in [-0.2, 0) is 13.1 Å². The summed E-state index contributed by atoms with van der Waals surface area (Å²) in [6.45, 7) is 0.453. The minimum Gasteiger partial charge on any atom is -0.306 e. The van der Waals surface area contributed by atoms with Crippen LogP contribution in [0.25, 0.3) is 0 Å². The van der Waals surface area contributed by atoms with Gasteiger partial charge in [0.05, 0.1) is 6.54 Å². The highest BCUT2D eigenvalue weighted by atomic mass is 19.3. The number of imidazole rings is 1. The Hall–Kier alpha value is -1.75. The Morgan fingerprint density at radius 3 is 2.78 bits per heavy atom. The van der Waals surface area contributed by atoms with E-state index < -0.39 is 6.55 Å². The summed E-state index contributed by atoms with van der Waals surface area (Å²) >= 11 is 0. The Bertz CT molecular complexity index is 508. The molecule has 0 spiro atoms. The van der Waals surface area contributed by atoms with E-state index >= 15 is 0 Å². The van der Waals surface area contributed by atoms with Crippen LogP contribution >= 0.6 is 0 Å². The Kier molecular flexibility index (Phi) is 4.04. The average Bonchev–Trinajstić information content (AvgIpc) is 2.80. The lowest BCUT2D eigenvalue weighted by molar-refractivity contribution is 0.0666. The number of aryl methyl sites for hydroxylation is 1. The maximum atomic E-state index is 12.6. The number of hydrogen-bond donors (Lipinski definition) is 1. The molecule has 0 fully saturated rings. The molecule has 18 heavy (non-hydrogen) atoms. The zero-order chi connectivity index (χ0) is 13.0. The van der Waals surface area contributed by atoms with Gasteiger partial charge >= 0.3 is 6.55 Å². The van der Waals surface area contributed by atoms with Crippen molar-refractivity contribution >= 4 is 0 Å². The van der Waals surface area contributed by atoms with Crippen LogP contribution in [0.4, 0.5) is 8.78 Å². The number of aromatic nitrogens is 2. The van der Waals surface area contributed by atoms with Crippen LogP contribution in [0.15, 0.2) is 36.7 Å². The molecule has 5 heteroatoms. The Morgan fingerprint density at radius 1 is 1.28 bits per heavy atom. The average molecular weight is 251 g/mol. The van der Waals surface area contributed by atoms with Gasteiger partial charge in [0, 0.05) is 18.9 Å². The van der Waals surface area contributed by atoms with Crippen molar-refractivity contribution in [1.29, 1.82) is 0 Å². The second-order valence-corrected chi connectivity index (χ2v) is 4.06. The molecule has 0 amide bonds. The fourth-order valence-electron chi connectivity index (χ4n) is 1.78. The van der Waals surface area contributed by atoms with Crippen LogP contribution in [0.3, 0.4) is 0 Å². The van der Waals surface area contributed by atoms with E-state index in [1.165, 1.54) is 18.0 Å². The van der Waals surface area contributed by atoms with E-state index in [1.54, 1.807) is 0 Å². The van der Waals surface area contributed by atoms with Crippen molar-refractivity contribution in [3.8, 4) is 0 Å². The minimum atomic E-state index is -2.54. The van der Waals surface area contributed by atoms with Gasteiger partial charge in [-0.2, -0.15) is 8.78 Å². The van der Waals surface area contributed by atoms with Crippen molar-refractivity contribution in [2.24, 2.45) is 0 Å². The first kappa shape index (κ1) is 12.7. The van der Waals surface area contributed by atoms with Crippen molar-refractivity contribution < 1.29 is 8.78 Å². The van der Waals surface area contributed by atoms with Crippen molar-refractivity contribution in [1.82, 2.24) is 14.9 Å². The molecule has 96 valence electrons. The third-order valence-corrected chi connectivity index (χ3v) is 2.82. The molecule has 1 aromatic carbocycles.